The molecule has 0 heterocycles. The lowest BCUT2D eigenvalue weighted by Gasteiger charge is -2.22. The Kier molecular flexibility index (Phi) is 8.13. The van der Waals surface area contributed by atoms with Gasteiger partial charge in [-0.1, -0.05) is 26.0 Å². The summed E-state index contributed by atoms with van der Waals surface area (Å²) in [5.41, 5.74) is -0.351. The zero-order valence-corrected chi connectivity index (χ0v) is 17.9. The minimum absolute atomic E-state index is 0.122. The number of halogens is 5. The first-order valence-electron chi connectivity index (χ1n) is 9.81. The summed E-state index contributed by atoms with van der Waals surface area (Å²) in [6.07, 6.45) is -4.59. The highest BCUT2D eigenvalue weighted by Gasteiger charge is 2.29. The summed E-state index contributed by atoms with van der Waals surface area (Å²) in [6, 6.07) is 5.60. The van der Waals surface area contributed by atoms with E-state index in [1.807, 2.05) is 0 Å². The molecule has 0 spiro atoms. The molecule has 178 valence electrons. The van der Waals surface area contributed by atoms with Gasteiger partial charge in [-0.15, -0.1) is 0 Å². The van der Waals surface area contributed by atoms with Crippen molar-refractivity contribution in [2.24, 2.45) is 5.92 Å². The Morgan fingerprint density at radius 1 is 0.970 bits per heavy atom. The fourth-order valence-electron chi connectivity index (χ4n) is 2.85. The van der Waals surface area contributed by atoms with Gasteiger partial charge in [0.25, 0.3) is 11.8 Å². The van der Waals surface area contributed by atoms with Crippen LogP contribution in [0.3, 0.4) is 0 Å². The number of benzene rings is 2. The molecule has 3 N–H and O–H groups in total. The summed E-state index contributed by atoms with van der Waals surface area (Å²) in [4.78, 5) is 37.2. The number of carbonyl (C=O) groups excluding carboxylic acids is 3. The maximum absolute atomic E-state index is 13.9. The molecule has 33 heavy (non-hydrogen) atoms. The molecule has 1 atom stereocenters. The van der Waals surface area contributed by atoms with E-state index in [1.54, 1.807) is 26.1 Å². The van der Waals surface area contributed by atoms with Crippen LogP contribution in [-0.4, -0.2) is 36.5 Å². The molecule has 6 nitrogen and oxygen atoms in total. The minimum atomic E-state index is -4.59. The van der Waals surface area contributed by atoms with Crippen molar-refractivity contribution >= 4 is 23.4 Å². The first kappa shape index (κ1) is 25.8. The van der Waals surface area contributed by atoms with Crippen LogP contribution in [0.15, 0.2) is 36.4 Å². The van der Waals surface area contributed by atoms with Crippen LogP contribution in [0.2, 0.25) is 0 Å². The lowest BCUT2D eigenvalue weighted by atomic mass is 10.0. The van der Waals surface area contributed by atoms with Gasteiger partial charge in [-0.25, -0.2) is 8.78 Å². The van der Waals surface area contributed by atoms with Crippen LogP contribution in [0.25, 0.3) is 0 Å². The molecular weight excluding hydrogens is 449 g/mol. The fraction of sp³-hybridized carbons (Fsp3) is 0.318. The number of aryl methyl sites for hydroxylation is 1. The third kappa shape index (κ3) is 6.99. The number of alkyl halides is 3. The van der Waals surface area contributed by atoms with Crippen molar-refractivity contribution in [1.82, 2.24) is 10.6 Å². The van der Waals surface area contributed by atoms with Crippen LogP contribution >= 0.6 is 0 Å². The van der Waals surface area contributed by atoms with Crippen molar-refractivity contribution < 1.29 is 36.3 Å². The van der Waals surface area contributed by atoms with Gasteiger partial charge < -0.3 is 16.0 Å². The molecular formula is C22H22F5N3O3. The molecule has 0 aliphatic heterocycles. The van der Waals surface area contributed by atoms with E-state index in [0.717, 1.165) is 18.2 Å². The molecule has 0 aliphatic rings. The Morgan fingerprint density at radius 3 is 2.12 bits per heavy atom. The predicted octanol–water partition coefficient (Wildman–Crippen LogP) is 3.96. The van der Waals surface area contributed by atoms with E-state index < -0.39 is 59.6 Å². The Hall–Kier alpha value is -3.50. The molecule has 2 aromatic rings. The molecule has 0 aromatic heterocycles. The summed E-state index contributed by atoms with van der Waals surface area (Å²) in [6.45, 7) is 3.26. The number of nitrogens with one attached hydrogen (secondary N) is 3. The number of rotatable bonds is 7. The Bertz CT molecular complexity index is 1030. The van der Waals surface area contributed by atoms with Crippen LogP contribution in [0.5, 0.6) is 0 Å². The number of hydrogen-bond donors (Lipinski definition) is 3. The highest BCUT2D eigenvalue weighted by molar-refractivity contribution is 6.02. The first-order chi connectivity index (χ1) is 15.3. The number of anilines is 1. The lowest BCUT2D eigenvalue weighted by Crippen LogP contribution is -2.47. The van der Waals surface area contributed by atoms with Gasteiger partial charge in [-0.2, -0.15) is 13.2 Å². The lowest BCUT2D eigenvalue weighted by molar-refractivity contribution is -0.123. The van der Waals surface area contributed by atoms with Crippen molar-refractivity contribution in [3.63, 3.8) is 0 Å². The van der Waals surface area contributed by atoms with Crippen molar-refractivity contribution in [3.8, 4) is 0 Å². The average molecular weight is 471 g/mol. The number of amides is 3. The number of hydrogen-bond acceptors (Lipinski definition) is 3. The third-order valence-electron chi connectivity index (χ3n) is 4.63. The van der Waals surface area contributed by atoms with Crippen molar-refractivity contribution in [2.75, 3.05) is 11.9 Å². The van der Waals surface area contributed by atoms with Gasteiger partial charge in [-0.05, 0) is 42.7 Å². The maximum atomic E-state index is 13.9. The quantitative estimate of drug-likeness (QED) is 0.535. The molecule has 0 radical (unpaired) electrons. The number of carbonyl (C=O) groups is 3. The third-order valence-corrected chi connectivity index (χ3v) is 4.63. The normalized spacial score (nSPS) is 12.3. The standard InChI is InChI=1S/C22H22F5N3O3/c1-11(2)18(30-20(32)17-14(23)5-4-6-15(17)24)21(33)29-16-9-13(8-7-12(16)3)19(31)28-10-22(25,26)27/h4-9,11,18H,10H2,1-3H3,(H,28,31)(H,29,33)(H,30,32)/t18-/m0/s1. The molecule has 11 heteroatoms. The van der Waals surface area contributed by atoms with Crippen LogP contribution in [0.4, 0.5) is 27.6 Å². The molecule has 0 saturated heterocycles. The molecule has 2 aromatic carbocycles. The van der Waals surface area contributed by atoms with Crippen molar-refractivity contribution in [2.45, 2.75) is 33.0 Å². The van der Waals surface area contributed by atoms with Gasteiger partial charge in [-0.3, -0.25) is 14.4 Å². The smallest absolute Gasteiger partial charge is 0.343 e. The molecule has 0 unspecified atom stereocenters. The van der Waals surface area contributed by atoms with E-state index in [-0.39, 0.29) is 11.3 Å². The Balaban J connectivity index is 2.20. The van der Waals surface area contributed by atoms with E-state index in [4.69, 9.17) is 0 Å². The van der Waals surface area contributed by atoms with Crippen molar-refractivity contribution in [3.05, 3.63) is 64.7 Å². The Labute approximate surface area is 186 Å². The second-order valence-electron chi connectivity index (χ2n) is 7.61. The Morgan fingerprint density at radius 2 is 1.58 bits per heavy atom. The monoisotopic (exact) mass is 471 g/mol. The second-order valence-corrected chi connectivity index (χ2v) is 7.61. The summed E-state index contributed by atoms with van der Waals surface area (Å²) in [5.74, 6) is -5.55. The summed E-state index contributed by atoms with van der Waals surface area (Å²) in [5, 5.41) is 6.52. The first-order valence-corrected chi connectivity index (χ1v) is 9.81. The zero-order chi connectivity index (χ0) is 24.9. The molecule has 3 amide bonds. The topological polar surface area (TPSA) is 87.3 Å². The largest absolute Gasteiger partial charge is 0.405 e. The minimum Gasteiger partial charge on any atom is -0.343 e. The SMILES string of the molecule is Cc1ccc(C(=O)NCC(F)(F)F)cc1NC(=O)[C@@H](NC(=O)c1c(F)cccc1F)C(C)C. The molecule has 0 saturated carbocycles. The van der Waals surface area contributed by atoms with Gasteiger partial charge in [0.05, 0.1) is 0 Å². The van der Waals surface area contributed by atoms with Crippen molar-refractivity contribution in [1.29, 1.82) is 0 Å². The van der Waals surface area contributed by atoms with Gasteiger partial charge in [0, 0.05) is 11.3 Å². The predicted molar refractivity (Wildman–Crippen MR) is 111 cm³/mol. The summed E-state index contributed by atoms with van der Waals surface area (Å²) in [7, 11) is 0. The van der Waals surface area contributed by atoms with E-state index >= 15 is 0 Å². The fourth-order valence-corrected chi connectivity index (χ4v) is 2.85. The maximum Gasteiger partial charge on any atom is 0.405 e. The van der Waals surface area contributed by atoms with Gasteiger partial charge in [0.15, 0.2) is 0 Å². The summed E-state index contributed by atoms with van der Waals surface area (Å²) >= 11 is 0. The highest BCUT2D eigenvalue weighted by Crippen LogP contribution is 2.20. The second kappa shape index (κ2) is 10.4. The van der Waals surface area contributed by atoms with E-state index in [0.29, 0.717) is 5.56 Å². The molecule has 0 aliphatic carbocycles. The van der Waals surface area contributed by atoms with Crippen LogP contribution < -0.4 is 16.0 Å². The molecule has 0 bridgehead atoms. The van der Waals surface area contributed by atoms with E-state index in [2.05, 4.69) is 10.6 Å². The average Bonchev–Trinajstić information content (AvgIpc) is 2.70. The molecule has 0 fully saturated rings. The summed E-state index contributed by atoms with van der Waals surface area (Å²) < 4.78 is 64.8. The highest BCUT2D eigenvalue weighted by atomic mass is 19.4. The van der Waals surface area contributed by atoms with E-state index in [1.165, 1.54) is 18.2 Å². The van der Waals surface area contributed by atoms with Gasteiger partial charge >= 0.3 is 6.18 Å². The van der Waals surface area contributed by atoms with Crippen LogP contribution in [-0.2, 0) is 4.79 Å². The van der Waals surface area contributed by atoms with Gasteiger partial charge in [0.2, 0.25) is 5.91 Å². The van der Waals surface area contributed by atoms with Crippen LogP contribution in [0, 0.1) is 24.5 Å². The van der Waals surface area contributed by atoms with E-state index in [9.17, 15) is 36.3 Å². The zero-order valence-electron chi connectivity index (χ0n) is 17.9. The van der Waals surface area contributed by atoms with Gasteiger partial charge in [0.1, 0.15) is 29.8 Å². The van der Waals surface area contributed by atoms with Crippen LogP contribution in [0.1, 0.15) is 40.1 Å². The molecule has 2 rings (SSSR count).